The molecule has 1 atom stereocenters. The van der Waals surface area contributed by atoms with E-state index in [-0.39, 0.29) is 11.5 Å². The fourth-order valence-corrected chi connectivity index (χ4v) is 2.21. The average Bonchev–Trinajstić information content (AvgIpc) is 2.75. The Labute approximate surface area is 114 Å². The van der Waals surface area contributed by atoms with Crippen LogP contribution in [0, 0.1) is 0 Å². The molecule has 3 rings (SSSR count). The summed E-state index contributed by atoms with van der Waals surface area (Å²) >= 11 is 0. The van der Waals surface area contributed by atoms with Gasteiger partial charge in [-0.05, 0) is 18.2 Å². The first-order valence-electron chi connectivity index (χ1n) is 6.27. The van der Waals surface area contributed by atoms with Crippen molar-refractivity contribution in [2.24, 2.45) is 0 Å². The number of carbonyl (C=O) groups excluding carboxylic acids is 3. The van der Waals surface area contributed by atoms with Crippen molar-refractivity contribution in [2.75, 3.05) is 25.1 Å². The number of hydrogen-bond acceptors (Lipinski definition) is 5. The molecule has 2 heterocycles. The number of morpholine rings is 1. The highest BCUT2D eigenvalue weighted by Gasteiger charge is 2.27. The molecule has 0 aliphatic carbocycles. The number of anilines is 1. The van der Waals surface area contributed by atoms with Crippen molar-refractivity contribution in [1.29, 1.82) is 0 Å². The van der Waals surface area contributed by atoms with Crippen LogP contribution in [0.5, 0.6) is 0 Å². The summed E-state index contributed by atoms with van der Waals surface area (Å²) in [4.78, 5) is 34.9. The van der Waals surface area contributed by atoms with Crippen molar-refractivity contribution in [2.45, 2.75) is 6.04 Å². The number of carbonyl (C=O) groups is 3. The van der Waals surface area contributed by atoms with Crippen molar-refractivity contribution in [3.63, 3.8) is 0 Å². The Morgan fingerprint density at radius 3 is 2.80 bits per heavy atom. The molecule has 1 aromatic carbocycles. The van der Waals surface area contributed by atoms with Gasteiger partial charge < -0.3 is 15.4 Å². The first-order chi connectivity index (χ1) is 9.65. The second-order valence-corrected chi connectivity index (χ2v) is 4.61. The van der Waals surface area contributed by atoms with Crippen molar-refractivity contribution in [1.82, 2.24) is 10.6 Å². The molecule has 0 saturated carbocycles. The SMILES string of the molecule is O=C1NC(=O)c2cc(NC(=O)C3COCCN3)ccc21. The number of benzene rings is 1. The van der Waals surface area contributed by atoms with Crippen molar-refractivity contribution in [3.05, 3.63) is 29.3 Å². The Balaban J connectivity index is 1.75. The summed E-state index contributed by atoms with van der Waals surface area (Å²) in [6, 6.07) is 4.21. The zero-order chi connectivity index (χ0) is 14.1. The van der Waals surface area contributed by atoms with Crippen LogP contribution in [-0.4, -0.2) is 43.5 Å². The summed E-state index contributed by atoms with van der Waals surface area (Å²) in [7, 11) is 0. The third-order valence-corrected chi connectivity index (χ3v) is 3.24. The number of fused-ring (bicyclic) bond motifs is 1. The summed E-state index contributed by atoms with van der Waals surface area (Å²) < 4.78 is 5.21. The van der Waals surface area contributed by atoms with Crippen LogP contribution < -0.4 is 16.0 Å². The monoisotopic (exact) mass is 275 g/mol. The normalized spacial score (nSPS) is 21.3. The molecule has 7 heteroatoms. The lowest BCUT2D eigenvalue weighted by Gasteiger charge is -2.22. The highest BCUT2D eigenvalue weighted by atomic mass is 16.5. The summed E-state index contributed by atoms with van der Waals surface area (Å²) in [5.74, 6) is -1.08. The number of amides is 3. The highest BCUT2D eigenvalue weighted by molar-refractivity contribution is 6.22. The van der Waals surface area contributed by atoms with Crippen LogP contribution in [0.1, 0.15) is 20.7 Å². The topological polar surface area (TPSA) is 96.5 Å². The molecule has 1 unspecified atom stereocenters. The van der Waals surface area contributed by atoms with Gasteiger partial charge in [-0.25, -0.2) is 0 Å². The van der Waals surface area contributed by atoms with E-state index in [2.05, 4.69) is 16.0 Å². The lowest BCUT2D eigenvalue weighted by molar-refractivity contribution is -0.120. The van der Waals surface area contributed by atoms with E-state index in [4.69, 9.17) is 4.74 Å². The maximum absolute atomic E-state index is 12.0. The van der Waals surface area contributed by atoms with Gasteiger partial charge in [0.05, 0.1) is 24.3 Å². The molecule has 0 aromatic heterocycles. The molecule has 20 heavy (non-hydrogen) atoms. The Morgan fingerprint density at radius 2 is 2.05 bits per heavy atom. The third-order valence-electron chi connectivity index (χ3n) is 3.24. The van der Waals surface area contributed by atoms with Gasteiger partial charge in [0.25, 0.3) is 11.8 Å². The smallest absolute Gasteiger partial charge is 0.259 e. The molecule has 1 fully saturated rings. The van der Waals surface area contributed by atoms with Crippen LogP contribution in [-0.2, 0) is 9.53 Å². The predicted octanol–water partition coefficient (Wildman–Crippen LogP) is -0.503. The second kappa shape index (κ2) is 5.03. The van der Waals surface area contributed by atoms with Crippen LogP contribution in [0.3, 0.4) is 0 Å². The molecule has 1 aromatic rings. The molecule has 2 aliphatic rings. The van der Waals surface area contributed by atoms with Gasteiger partial charge in [0.1, 0.15) is 6.04 Å². The van der Waals surface area contributed by atoms with Crippen molar-refractivity contribution < 1.29 is 19.1 Å². The summed E-state index contributed by atoms with van der Waals surface area (Å²) in [6.45, 7) is 1.53. The van der Waals surface area contributed by atoms with Crippen molar-refractivity contribution in [3.8, 4) is 0 Å². The van der Waals surface area contributed by atoms with Crippen LogP contribution in [0.2, 0.25) is 0 Å². The van der Waals surface area contributed by atoms with Gasteiger partial charge >= 0.3 is 0 Å². The number of hydrogen-bond donors (Lipinski definition) is 3. The zero-order valence-corrected chi connectivity index (χ0v) is 10.6. The molecule has 104 valence electrons. The fraction of sp³-hybridized carbons (Fsp3) is 0.308. The minimum atomic E-state index is -0.444. The molecule has 2 aliphatic heterocycles. The van der Waals surface area contributed by atoms with Gasteiger partial charge in [0.2, 0.25) is 5.91 Å². The van der Waals surface area contributed by atoms with E-state index in [1.54, 1.807) is 6.07 Å². The van der Waals surface area contributed by atoms with Gasteiger partial charge in [-0.3, -0.25) is 19.7 Å². The van der Waals surface area contributed by atoms with E-state index in [0.29, 0.717) is 31.0 Å². The van der Waals surface area contributed by atoms with Crippen molar-refractivity contribution >= 4 is 23.4 Å². The second-order valence-electron chi connectivity index (χ2n) is 4.61. The Hall–Kier alpha value is -2.25. The molecule has 3 N–H and O–H groups in total. The first kappa shape index (κ1) is 12.8. The van der Waals surface area contributed by atoms with E-state index in [0.717, 1.165) is 0 Å². The molecule has 0 bridgehead atoms. The van der Waals surface area contributed by atoms with E-state index >= 15 is 0 Å². The lowest BCUT2D eigenvalue weighted by Crippen LogP contribution is -2.48. The van der Waals surface area contributed by atoms with Crippen LogP contribution in [0.15, 0.2) is 18.2 Å². The molecule has 3 amide bonds. The summed E-state index contributed by atoms with van der Waals surface area (Å²) in [5, 5.41) is 7.94. The Morgan fingerprint density at radius 1 is 1.25 bits per heavy atom. The fourth-order valence-electron chi connectivity index (χ4n) is 2.21. The first-order valence-corrected chi connectivity index (χ1v) is 6.27. The summed E-state index contributed by atoms with van der Waals surface area (Å²) in [5.41, 5.74) is 1.08. The molecule has 0 radical (unpaired) electrons. The minimum Gasteiger partial charge on any atom is -0.378 e. The Kier molecular flexibility index (Phi) is 3.21. The minimum absolute atomic E-state index is 0.227. The van der Waals surface area contributed by atoms with E-state index in [1.165, 1.54) is 12.1 Å². The average molecular weight is 275 g/mol. The molecular weight excluding hydrogens is 262 g/mol. The van der Waals surface area contributed by atoms with E-state index < -0.39 is 17.9 Å². The Bertz CT molecular complexity index is 593. The molecule has 0 spiro atoms. The molecule has 1 saturated heterocycles. The zero-order valence-electron chi connectivity index (χ0n) is 10.6. The van der Waals surface area contributed by atoms with E-state index in [1.807, 2.05) is 0 Å². The largest absolute Gasteiger partial charge is 0.378 e. The van der Waals surface area contributed by atoms with Gasteiger partial charge in [0, 0.05) is 12.2 Å². The predicted molar refractivity (Wildman–Crippen MR) is 69.5 cm³/mol. The quantitative estimate of drug-likeness (QED) is 0.632. The number of ether oxygens (including phenoxy) is 1. The number of nitrogens with one attached hydrogen (secondary N) is 3. The van der Waals surface area contributed by atoms with Gasteiger partial charge in [-0.2, -0.15) is 0 Å². The van der Waals surface area contributed by atoms with Gasteiger partial charge in [-0.1, -0.05) is 0 Å². The third kappa shape index (κ3) is 2.28. The number of imide groups is 1. The maximum atomic E-state index is 12.0. The van der Waals surface area contributed by atoms with Crippen LogP contribution in [0.4, 0.5) is 5.69 Å². The molecule has 7 nitrogen and oxygen atoms in total. The highest BCUT2D eigenvalue weighted by Crippen LogP contribution is 2.20. The van der Waals surface area contributed by atoms with Gasteiger partial charge in [0.15, 0.2) is 0 Å². The molecular formula is C13H13N3O4. The van der Waals surface area contributed by atoms with Crippen LogP contribution >= 0.6 is 0 Å². The van der Waals surface area contributed by atoms with Crippen LogP contribution in [0.25, 0.3) is 0 Å². The lowest BCUT2D eigenvalue weighted by atomic mass is 10.1. The van der Waals surface area contributed by atoms with Gasteiger partial charge in [-0.15, -0.1) is 0 Å². The standard InChI is InChI=1S/C13H13N3O4/c17-11-8-2-1-7(5-9(8)12(18)16-11)15-13(19)10-6-20-4-3-14-10/h1-2,5,10,14H,3-4,6H2,(H,15,19)(H,16,17,18). The number of rotatable bonds is 2. The summed E-state index contributed by atoms with van der Waals surface area (Å²) in [6.07, 6.45) is 0. The van der Waals surface area contributed by atoms with E-state index in [9.17, 15) is 14.4 Å². The maximum Gasteiger partial charge on any atom is 0.259 e.